The van der Waals surface area contributed by atoms with E-state index in [1.165, 1.54) is 0 Å². The number of halogens is 1. The Hall–Kier alpha value is -5.14. The van der Waals surface area contributed by atoms with Crippen molar-refractivity contribution in [1.82, 2.24) is 34.7 Å². The average Bonchev–Trinajstić information content (AvgIpc) is 3.62. The number of imidazole rings is 1. The topological polar surface area (TPSA) is 114 Å². The van der Waals surface area contributed by atoms with E-state index in [1.807, 2.05) is 55.1 Å². The molecule has 0 bridgehead atoms. The highest BCUT2D eigenvalue weighted by Crippen LogP contribution is 2.28. The molecule has 3 aromatic heterocycles. The molecule has 0 saturated carbocycles. The van der Waals surface area contributed by atoms with Gasteiger partial charge < -0.3 is 15.2 Å². The summed E-state index contributed by atoms with van der Waals surface area (Å²) >= 11 is 6.35. The average molecular weight is 580 g/mol. The highest BCUT2D eigenvalue weighted by Gasteiger charge is 2.38. The van der Waals surface area contributed by atoms with Crippen LogP contribution in [0.1, 0.15) is 32.7 Å². The fraction of sp³-hybridized carbons (Fsp3) is 0.194. The molecule has 4 amide bonds. The number of urea groups is 1. The van der Waals surface area contributed by atoms with Crippen molar-refractivity contribution in [3.05, 3.63) is 100 Å². The number of hydrogen-bond donors (Lipinski definition) is 2. The number of carbonyl (C=O) groups excluding carboxylic acids is 3. The number of benzene rings is 2. The predicted molar refractivity (Wildman–Crippen MR) is 158 cm³/mol. The van der Waals surface area contributed by atoms with Crippen molar-refractivity contribution in [3.63, 3.8) is 0 Å². The molecular weight excluding hydrogens is 554 g/mol. The Morgan fingerprint density at radius 2 is 2.00 bits per heavy atom. The lowest BCUT2D eigenvalue weighted by Gasteiger charge is -2.14. The van der Waals surface area contributed by atoms with Crippen molar-refractivity contribution in [2.75, 3.05) is 13.1 Å². The second kappa shape index (κ2) is 11.0. The monoisotopic (exact) mass is 579 g/mol. The van der Waals surface area contributed by atoms with Crippen LogP contribution in [0.15, 0.2) is 67.1 Å². The summed E-state index contributed by atoms with van der Waals surface area (Å²) in [6, 6.07) is 13.4. The number of nitrogens with zero attached hydrogens (tertiary/aromatic N) is 5. The molecule has 0 spiro atoms. The largest absolute Gasteiger partial charge is 0.350 e. The summed E-state index contributed by atoms with van der Waals surface area (Å²) in [7, 11) is 1.89. The Kier molecular flexibility index (Phi) is 7.10. The van der Waals surface area contributed by atoms with Crippen LogP contribution >= 0.6 is 11.6 Å². The lowest BCUT2D eigenvalue weighted by atomic mass is 10.0. The molecule has 10 nitrogen and oxygen atoms in total. The molecule has 210 valence electrons. The molecule has 1 aliphatic heterocycles. The van der Waals surface area contributed by atoms with Gasteiger partial charge in [-0.15, -0.1) is 0 Å². The molecule has 4 heterocycles. The zero-order valence-electron chi connectivity index (χ0n) is 22.9. The third-order valence-electron chi connectivity index (χ3n) is 7.29. The lowest BCUT2D eigenvalue weighted by Crippen LogP contribution is -2.39. The van der Waals surface area contributed by atoms with Crippen molar-refractivity contribution < 1.29 is 14.4 Å². The van der Waals surface area contributed by atoms with Gasteiger partial charge in [-0.2, -0.15) is 5.10 Å². The number of amides is 4. The first-order valence-electron chi connectivity index (χ1n) is 13.3. The third-order valence-corrected chi connectivity index (χ3v) is 7.59. The standard InChI is InChI=1S/C31H26ClN7O3/c1-19-8-9-21(15-20(19)10-11-23-17-34-27-7-4-12-35-39(23)27)29(40)33-13-14-38-30(41)26(36-31(38)42)16-22-18-37(2)28-24(22)5-3-6-25(28)32/h3-9,12,15,17-18,26H,13-14,16H2,1-2H3,(H,33,40)(H,36,42). The van der Waals surface area contributed by atoms with Crippen LogP contribution in [0.2, 0.25) is 5.02 Å². The van der Waals surface area contributed by atoms with Crippen LogP contribution in [0.4, 0.5) is 4.79 Å². The van der Waals surface area contributed by atoms with Gasteiger partial charge in [-0.05, 0) is 54.3 Å². The van der Waals surface area contributed by atoms with Gasteiger partial charge in [0.05, 0.1) is 16.7 Å². The van der Waals surface area contributed by atoms with Gasteiger partial charge >= 0.3 is 6.03 Å². The van der Waals surface area contributed by atoms with Gasteiger partial charge in [0.25, 0.3) is 11.8 Å². The SMILES string of the molecule is Cc1ccc(C(=O)NCCN2C(=O)NC(Cc3cn(C)c4c(Cl)cccc34)C2=O)cc1C#Cc1cnc2cccnn12. The first-order valence-corrected chi connectivity index (χ1v) is 13.7. The normalized spacial score (nSPS) is 14.7. The summed E-state index contributed by atoms with van der Waals surface area (Å²) in [4.78, 5) is 44.0. The van der Waals surface area contributed by atoms with Crippen LogP contribution in [0.3, 0.4) is 0 Å². The van der Waals surface area contributed by atoms with Gasteiger partial charge in [-0.3, -0.25) is 14.5 Å². The number of aromatic nitrogens is 4. The Morgan fingerprint density at radius 3 is 2.86 bits per heavy atom. The first kappa shape index (κ1) is 27.1. The van der Waals surface area contributed by atoms with Crippen LogP contribution in [0.25, 0.3) is 16.6 Å². The van der Waals surface area contributed by atoms with Gasteiger partial charge in [-0.1, -0.05) is 35.7 Å². The third kappa shape index (κ3) is 5.06. The van der Waals surface area contributed by atoms with E-state index in [0.29, 0.717) is 33.9 Å². The van der Waals surface area contributed by atoms with Crippen LogP contribution in [0, 0.1) is 18.8 Å². The molecule has 1 fully saturated rings. The number of nitrogens with one attached hydrogen (secondary N) is 2. The summed E-state index contributed by atoms with van der Waals surface area (Å²) in [6.07, 6.45) is 5.58. The van der Waals surface area contributed by atoms with E-state index < -0.39 is 12.1 Å². The summed E-state index contributed by atoms with van der Waals surface area (Å²) in [5, 5.41) is 11.4. The van der Waals surface area contributed by atoms with E-state index >= 15 is 0 Å². The number of rotatable bonds is 6. The van der Waals surface area contributed by atoms with Crippen molar-refractivity contribution >= 4 is 46.0 Å². The molecule has 11 heteroatoms. The molecule has 2 N–H and O–H groups in total. The number of aryl methyl sites for hydroxylation is 2. The van der Waals surface area contributed by atoms with Gasteiger partial charge in [0.15, 0.2) is 5.65 Å². The summed E-state index contributed by atoms with van der Waals surface area (Å²) in [6.45, 7) is 2.07. The smallest absolute Gasteiger partial charge is 0.324 e. The number of fused-ring (bicyclic) bond motifs is 2. The van der Waals surface area contributed by atoms with E-state index in [4.69, 9.17) is 11.6 Å². The minimum Gasteiger partial charge on any atom is -0.350 e. The van der Waals surface area contributed by atoms with E-state index in [-0.39, 0.29) is 24.9 Å². The quantitative estimate of drug-likeness (QED) is 0.236. The fourth-order valence-electron chi connectivity index (χ4n) is 5.14. The molecule has 42 heavy (non-hydrogen) atoms. The van der Waals surface area contributed by atoms with Gasteiger partial charge in [0, 0.05) is 55.5 Å². The molecule has 6 rings (SSSR count). The minimum atomic E-state index is -0.695. The molecule has 5 aromatic rings. The maximum Gasteiger partial charge on any atom is 0.324 e. The van der Waals surface area contributed by atoms with Crippen LogP contribution in [-0.4, -0.2) is 61.0 Å². The summed E-state index contributed by atoms with van der Waals surface area (Å²) in [5.74, 6) is 5.53. The molecule has 2 aromatic carbocycles. The molecule has 1 unspecified atom stereocenters. The number of carbonyl (C=O) groups is 3. The van der Waals surface area contributed by atoms with Crippen molar-refractivity contribution in [2.24, 2.45) is 7.05 Å². The Bertz CT molecular complexity index is 1950. The molecular formula is C31H26ClN7O3. The molecule has 0 radical (unpaired) electrons. The summed E-state index contributed by atoms with van der Waals surface area (Å²) in [5.41, 5.74) is 5.16. The van der Waals surface area contributed by atoms with Gasteiger partial charge in [0.2, 0.25) is 0 Å². The van der Waals surface area contributed by atoms with Gasteiger partial charge in [0.1, 0.15) is 11.7 Å². The number of imide groups is 1. The Morgan fingerprint density at radius 1 is 1.14 bits per heavy atom. The second-order valence-electron chi connectivity index (χ2n) is 10.1. The number of hydrogen-bond acceptors (Lipinski definition) is 5. The predicted octanol–water partition coefficient (Wildman–Crippen LogP) is 3.48. The van der Waals surface area contributed by atoms with Crippen molar-refractivity contribution in [2.45, 2.75) is 19.4 Å². The van der Waals surface area contributed by atoms with Crippen LogP contribution < -0.4 is 10.6 Å². The first-order chi connectivity index (χ1) is 20.3. The van der Waals surface area contributed by atoms with Crippen molar-refractivity contribution in [1.29, 1.82) is 0 Å². The molecule has 1 atom stereocenters. The maximum atomic E-state index is 13.1. The van der Waals surface area contributed by atoms with E-state index in [1.54, 1.807) is 35.1 Å². The van der Waals surface area contributed by atoms with E-state index in [0.717, 1.165) is 26.9 Å². The van der Waals surface area contributed by atoms with E-state index in [2.05, 4.69) is 32.6 Å². The molecule has 0 aliphatic carbocycles. The Balaban J connectivity index is 1.08. The maximum absolute atomic E-state index is 13.1. The molecule has 1 saturated heterocycles. The molecule has 1 aliphatic rings. The fourth-order valence-corrected chi connectivity index (χ4v) is 5.45. The zero-order chi connectivity index (χ0) is 29.4. The van der Waals surface area contributed by atoms with Crippen molar-refractivity contribution in [3.8, 4) is 11.8 Å². The second-order valence-corrected chi connectivity index (χ2v) is 10.5. The van der Waals surface area contributed by atoms with Crippen LogP contribution in [-0.2, 0) is 18.3 Å². The van der Waals surface area contributed by atoms with E-state index in [9.17, 15) is 14.4 Å². The van der Waals surface area contributed by atoms with Gasteiger partial charge in [-0.25, -0.2) is 14.3 Å². The highest BCUT2D eigenvalue weighted by molar-refractivity contribution is 6.35. The summed E-state index contributed by atoms with van der Waals surface area (Å²) < 4.78 is 3.57. The Labute approximate surface area is 246 Å². The number of para-hydroxylation sites is 1. The van der Waals surface area contributed by atoms with Crippen LogP contribution in [0.5, 0.6) is 0 Å². The highest BCUT2D eigenvalue weighted by atomic mass is 35.5. The minimum absolute atomic E-state index is 0.0497. The lowest BCUT2D eigenvalue weighted by molar-refractivity contribution is -0.127. The zero-order valence-corrected chi connectivity index (χ0v) is 23.6.